The van der Waals surface area contributed by atoms with Gasteiger partial charge in [-0.05, 0) is 24.7 Å². The van der Waals surface area contributed by atoms with E-state index >= 15 is 0 Å². The molecule has 1 heterocycles. The number of carbonyl (C=O) groups excluding carboxylic acids is 1. The predicted octanol–water partition coefficient (Wildman–Crippen LogP) is 1.80. The summed E-state index contributed by atoms with van der Waals surface area (Å²) >= 11 is 0. The average Bonchev–Trinajstić information content (AvgIpc) is 2.59. The van der Waals surface area contributed by atoms with Crippen LogP contribution in [0.15, 0.2) is 0 Å². The molecule has 0 aromatic carbocycles. The molecule has 1 aliphatic heterocycles. The molecule has 2 fully saturated rings. The minimum Gasteiger partial charge on any atom is -0.391 e. The summed E-state index contributed by atoms with van der Waals surface area (Å²) < 4.78 is 0. The number of rotatable bonds is 3. The first-order chi connectivity index (χ1) is 7.69. The molecule has 0 bridgehead atoms. The van der Waals surface area contributed by atoms with Gasteiger partial charge in [0.25, 0.3) is 0 Å². The third kappa shape index (κ3) is 2.76. The number of carbonyl (C=O) groups is 1. The molecule has 1 N–H and O–H groups in total. The zero-order valence-corrected chi connectivity index (χ0v) is 10.2. The maximum absolute atomic E-state index is 11.5. The lowest BCUT2D eigenvalue weighted by molar-refractivity contribution is -0.128. The van der Waals surface area contributed by atoms with Crippen molar-refractivity contribution >= 4 is 5.91 Å². The molecule has 1 saturated heterocycles. The van der Waals surface area contributed by atoms with Crippen LogP contribution >= 0.6 is 0 Å². The molecule has 1 unspecified atom stereocenters. The van der Waals surface area contributed by atoms with Gasteiger partial charge in [0.15, 0.2) is 0 Å². The Bertz CT molecular complexity index is 246. The Morgan fingerprint density at radius 1 is 1.25 bits per heavy atom. The minimum absolute atomic E-state index is 0.144. The first-order valence-electron chi connectivity index (χ1n) is 6.65. The third-order valence-corrected chi connectivity index (χ3v) is 4.22. The van der Waals surface area contributed by atoms with Crippen molar-refractivity contribution in [1.29, 1.82) is 0 Å². The Morgan fingerprint density at radius 3 is 2.38 bits per heavy atom. The van der Waals surface area contributed by atoms with Crippen LogP contribution in [0.25, 0.3) is 0 Å². The van der Waals surface area contributed by atoms with E-state index in [1.807, 2.05) is 4.90 Å². The number of amides is 1. The molecule has 3 heteroatoms. The van der Waals surface area contributed by atoms with Crippen LogP contribution < -0.4 is 0 Å². The summed E-state index contributed by atoms with van der Waals surface area (Å²) in [5.74, 6) is 1.73. The minimum atomic E-state index is -0.417. The van der Waals surface area contributed by atoms with Gasteiger partial charge in [-0.25, -0.2) is 0 Å². The van der Waals surface area contributed by atoms with Gasteiger partial charge in [-0.3, -0.25) is 4.79 Å². The van der Waals surface area contributed by atoms with Crippen molar-refractivity contribution in [2.45, 2.75) is 51.6 Å². The van der Waals surface area contributed by atoms with E-state index in [1.54, 1.807) is 0 Å². The van der Waals surface area contributed by atoms with E-state index in [-0.39, 0.29) is 5.91 Å². The lowest BCUT2D eigenvalue weighted by atomic mass is 9.81. The summed E-state index contributed by atoms with van der Waals surface area (Å²) in [7, 11) is 0. The van der Waals surface area contributed by atoms with Gasteiger partial charge < -0.3 is 10.0 Å². The maximum atomic E-state index is 11.5. The zero-order valence-electron chi connectivity index (χ0n) is 10.2. The molecule has 1 saturated carbocycles. The van der Waals surface area contributed by atoms with Crippen LogP contribution in [0.2, 0.25) is 0 Å². The standard InChI is InChI=1S/C13H23NO2/c1-2-10-3-5-11(6-4-10)8-14-9-12(15)7-13(14)16/h10-12,15H,2-9H2,1H3. The fraction of sp³-hybridized carbons (Fsp3) is 0.923. The van der Waals surface area contributed by atoms with Crippen LogP contribution in [0.3, 0.4) is 0 Å². The van der Waals surface area contributed by atoms with Crippen molar-refractivity contribution in [2.75, 3.05) is 13.1 Å². The van der Waals surface area contributed by atoms with Gasteiger partial charge >= 0.3 is 0 Å². The molecular formula is C13H23NO2. The molecule has 1 atom stereocenters. The largest absolute Gasteiger partial charge is 0.391 e. The summed E-state index contributed by atoms with van der Waals surface area (Å²) in [4.78, 5) is 13.4. The van der Waals surface area contributed by atoms with Crippen molar-refractivity contribution in [2.24, 2.45) is 11.8 Å². The van der Waals surface area contributed by atoms with E-state index in [0.717, 1.165) is 12.5 Å². The van der Waals surface area contributed by atoms with Crippen LogP contribution in [0.5, 0.6) is 0 Å². The average molecular weight is 225 g/mol. The Kier molecular flexibility index (Phi) is 3.85. The number of β-amino-alcohol motifs (C(OH)–C–C–N with tert-alkyl or cyclic N) is 1. The second-order valence-electron chi connectivity index (χ2n) is 5.45. The van der Waals surface area contributed by atoms with Gasteiger partial charge in [0, 0.05) is 13.1 Å². The van der Waals surface area contributed by atoms with Crippen molar-refractivity contribution in [3.8, 4) is 0 Å². The Labute approximate surface area is 97.8 Å². The van der Waals surface area contributed by atoms with Gasteiger partial charge in [-0.1, -0.05) is 26.2 Å². The molecule has 0 spiro atoms. The number of hydrogen-bond acceptors (Lipinski definition) is 2. The summed E-state index contributed by atoms with van der Waals surface area (Å²) in [5, 5.41) is 9.42. The van der Waals surface area contributed by atoms with Gasteiger partial charge in [0.2, 0.25) is 5.91 Å². The summed E-state index contributed by atoms with van der Waals surface area (Å²) in [6.07, 6.45) is 6.40. The van der Waals surface area contributed by atoms with Gasteiger partial charge in [0.1, 0.15) is 0 Å². The van der Waals surface area contributed by atoms with Crippen molar-refractivity contribution in [1.82, 2.24) is 4.90 Å². The SMILES string of the molecule is CCC1CCC(CN2CC(O)CC2=O)CC1. The highest BCUT2D eigenvalue weighted by Gasteiger charge is 2.30. The molecule has 16 heavy (non-hydrogen) atoms. The topological polar surface area (TPSA) is 40.5 Å². The first kappa shape index (κ1) is 11.9. The summed E-state index contributed by atoms with van der Waals surface area (Å²) in [6.45, 7) is 3.71. The van der Waals surface area contributed by atoms with E-state index in [2.05, 4.69) is 6.92 Å². The van der Waals surface area contributed by atoms with Gasteiger partial charge in [0.05, 0.1) is 12.5 Å². The first-order valence-corrected chi connectivity index (χ1v) is 6.65. The second kappa shape index (κ2) is 5.17. The molecule has 3 nitrogen and oxygen atoms in total. The normalized spacial score (nSPS) is 35.8. The quantitative estimate of drug-likeness (QED) is 0.795. The number of aliphatic hydroxyl groups excluding tert-OH is 1. The molecule has 0 aromatic rings. The van der Waals surface area contributed by atoms with Crippen LogP contribution in [0, 0.1) is 11.8 Å². The molecular weight excluding hydrogens is 202 g/mol. The Morgan fingerprint density at radius 2 is 1.88 bits per heavy atom. The number of aliphatic hydroxyl groups is 1. The fourth-order valence-corrected chi connectivity index (χ4v) is 3.06. The Hall–Kier alpha value is -0.570. The number of hydrogen-bond donors (Lipinski definition) is 1. The molecule has 1 amide bonds. The fourth-order valence-electron chi connectivity index (χ4n) is 3.06. The van der Waals surface area contributed by atoms with E-state index in [1.165, 1.54) is 32.1 Å². The lowest BCUT2D eigenvalue weighted by Crippen LogP contribution is -2.33. The second-order valence-corrected chi connectivity index (χ2v) is 5.45. The van der Waals surface area contributed by atoms with Crippen LogP contribution in [-0.4, -0.2) is 35.1 Å². The monoisotopic (exact) mass is 225 g/mol. The van der Waals surface area contributed by atoms with Crippen LogP contribution in [0.4, 0.5) is 0 Å². The maximum Gasteiger partial charge on any atom is 0.225 e. The third-order valence-electron chi connectivity index (χ3n) is 4.22. The lowest BCUT2D eigenvalue weighted by Gasteiger charge is -2.30. The smallest absolute Gasteiger partial charge is 0.225 e. The van der Waals surface area contributed by atoms with Crippen molar-refractivity contribution < 1.29 is 9.90 Å². The van der Waals surface area contributed by atoms with Crippen molar-refractivity contribution in [3.05, 3.63) is 0 Å². The highest BCUT2D eigenvalue weighted by atomic mass is 16.3. The number of nitrogens with zero attached hydrogens (tertiary/aromatic N) is 1. The van der Waals surface area contributed by atoms with Crippen molar-refractivity contribution in [3.63, 3.8) is 0 Å². The van der Waals surface area contributed by atoms with E-state index < -0.39 is 6.10 Å². The molecule has 92 valence electrons. The van der Waals surface area contributed by atoms with Gasteiger partial charge in [-0.2, -0.15) is 0 Å². The van der Waals surface area contributed by atoms with E-state index in [4.69, 9.17) is 0 Å². The Balaban J connectivity index is 1.76. The molecule has 2 aliphatic rings. The summed E-state index contributed by atoms with van der Waals surface area (Å²) in [5.41, 5.74) is 0. The number of likely N-dealkylation sites (tertiary alicyclic amines) is 1. The van der Waals surface area contributed by atoms with Crippen LogP contribution in [0.1, 0.15) is 45.4 Å². The highest BCUT2D eigenvalue weighted by Crippen LogP contribution is 2.31. The van der Waals surface area contributed by atoms with E-state index in [0.29, 0.717) is 18.9 Å². The van der Waals surface area contributed by atoms with Gasteiger partial charge in [-0.15, -0.1) is 0 Å². The molecule has 1 aliphatic carbocycles. The summed E-state index contributed by atoms with van der Waals surface area (Å²) in [6, 6.07) is 0. The molecule has 0 radical (unpaired) electrons. The zero-order chi connectivity index (χ0) is 11.5. The highest BCUT2D eigenvalue weighted by molar-refractivity contribution is 5.78. The van der Waals surface area contributed by atoms with E-state index in [9.17, 15) is 9.90 Å². The predicted molar refractivity (Wildman–Crippen MR) is 62.9 cm³/mol. The molecule has 2 rings (SSSR count). The molecule has 0 aromatic heterocycles. The van der Waals surface area contributed by atoms with Crippen LogP contribution in [-0.2, 0) is 4.79 Å².